The van der Waals surface area contributed by atoms with Crippen molar-refractivity contribution in [1.82, 2.24) is 0 Å². The van der Waals surface area contributed by atoms with Crippen molar-refractivity contribution < 1.29 is 54.1 Å². The van der Waals surface area contributed by atoms with Crippen molar-refractivity contribution in [3.63, 3.8) is 0 Å². The Morgan fingerprint density at radius 3 is 2.34 bits per heavy atom. The number of carbonyl (C=O) groups excluding carboxylic acids is 1. The van der Waals surface area contributed by atoms with Crippen LogP contribution in [0, 0.1) is 0 Å². The lowest BCUT2D eigenvalue weighted by Gasteiger charge is -2.39. The molecule has 12 heteroatoms. The average Bonchev–Trinajstić information content (AvgIpc) is 2.81. The van der Waals surface area contributed by atoms with Crippen LogP contribution in [0.2, 0.25) is 0 Å². The Hall–Kier alpha value is -3.84. The molecule has 186 valence electrons. The highest BCUT2D eigenvalue weighted by Gasteiger charge is 2.45. The molecule has 6 N–H and O–H groups in total. The van der Waals surface area contributed by atoms with Gasteiger partial charge in [0.15, 0.2) is 5.76 Å². The predicted molar refractivity (Wildman–Crippen MR) is 117 cm³/mol. The summed E-state index contributed by atoms with van der Waals surface area (Å²) in [6, 6.07) is 7.65. The molecule has 2 heterocycles. The molecule has 1 saturated heterocycles. The van der Waals surface area contributed by atoms with Crippen molar-refractivity contribution in [2.45, 2.75) is 37.6 Å². The van der Waals surface area contributed by atoms with Crippen LogP contribution >= 0.6 is 0 Å². The number of fused-ring (bicyclic) bond motifs is 1. The van der Waals surface area contributed by atoms with Crippen molar-refractivity contribution in [1.29, 1.82) is 0 Å². The number of rotatable bonds is 5. The van der Waals surface area contributed by atoms with Gasteiger partial charge in [-0.1, -0.05) is 0 Å². The smallest absolute Gasteiger partial charge is 0.302 e. The largest absolute Gasteiger partial charge is 0.508 e. The van der Waals surface area contributed by atoms with E-state index in [1.165, 1.54) is 30.3 Å². The molecule has 1 aliphatic rings. The lowest BCUT2D eigenvalue weighted by Crippen LogP contribution is -2.60. The van der Waals surface area contributed by atoms with E-state index < -0.39 is 60.2 Å². The summed E-state index contributed by atoms with van der Waals surface area (Å²) in [5, 5.41) is 60.4. The second-order valence-electron chi connectivity index (χ2n) is 7.91. The summed E-state index contributed by atoms with van der Waals surface area (Å²) in [6.07, 6.45) is -7.81. The van der Waals surface area contributed by atoms with Crippen molar-refractivity contribution in [2.24, 2.45) is 0 Å². The van der Waals surface area contributed by atoms with Crippen LogP contribution in [0.4, 0.5) is 0 Å². The van der Waals surface area contributed by atoms with E-state index in [0.717, 1.165) is 13.0 Å². The molecular weight excluding hydrogens is 468 g/mol. The predicted octanol–water partition coefficient (Wildman–Crippen LogP) is 0.326. The Bertz CT molecular complexity index is 1300. The highest BCUT2D eigenvalue weighted by atomic mass is 16.7. The first kappa shape index (κ1) is 24.3. The normalized spacial score (nSPS) is 24.3. The second-order valence-corrected chi connectivity index (χ2v) is 7.91. The molecule has 1 fully saturated rings. The third-order valence-electron chi connectivity index (χ3n) is 5.43. The fourth-order valence-electron chi connectivity index (χ4n) is 3.63. The van der Waals surface area contributed by atoms with Crippen LogP contribution < -0.4 is 10.2 Å². The Morgan fingerprint density at radius 2 is 1.69 bits per heavy atom. The van der Waals surface area contributed by atoms with Crippen LogP contribution in [0.1, 0.15) is 6.92 Å². The number of esters is 1. The molecule has 0 aliphatic carbocycles. The maximum absolute atomic E-state index is 12.7. The van der Waals surface area contributed by atoms with Crippen molar-refractivity contribution in [2.75, 3.05) is 6.61 Å². The quantitative estimate of drug-likeness (QED) is 0.268. The molecule has 4 rings (SSSR count). The van der Waals surface area contributed by atoms with Crippen molar-refractivity contribution in [3.05, 3.63) is 46.6 Å². The number of aliphatic hydroxyl groups excluding tert-OH is 3. The molecule has 5 atom stereocenters. The van der Waals surface area contributed by atoms with Crippen LogP contribution in [0.3, 0.4) is 0 Å². The van der Waals surface area contributed by atoms with Gasteiger partial charge in [-0.05, 0) is 24.3 Å². The molecule has 0 spiro atoms. The first-order valence-electron chi connectivity index (χ1n) is 10.4. The zero-order valence-corrected chi connectivity index (χ0v) is 18.2. The summed E-state index contributed by atoms with van der Waals surface area (Å²) in [5.74, 6) is -2.45. The zero-order chi connectivity index (χ0) is 25.4. The summed E-state index contributed by atoms with van der Waals surface area (Å²) in [4.78, 5) is 23.8. The third kappa shape index (κ3) is 4.72. The van der Waals surface area contributed by atoms with Crippen LogP contribution in [-0.4, -0.2) is 73.9 Å². The molecule has 12 nitrogen and oxygen atoms in total. The summed E-state index contributed by atoms with van der Waals surface area (Å²) in [5.41, 5.74) is -0.845. The number of carbonyl (C=O) groups is 1. The number of hydrogen-bond acceptors (Lipinski definition) is 12. The fraction of sp³-hybridized carbons (Fsp3) is 0.304. The standard InChI is InChI=1S/C23H22O12/c1-9(24)32-8-15-17(27)19(29)21(31)23(35-15)33-12-6-13(26)16-14(7-12)34-22(20(30)18(16)28)10-2-4-11(25)5-3-10/h2-7,15,17,19,21,23,25-27,29-31H,8H2,1H3. The second kappa shape index (κ2) is 9.43. The van der Waals surface area contributed by atoms with Crippen molar-refractivity contribution in [3.8, 4) is 34.3 Å². The Kier molecular flexibility index (Phi) is 6.54. The van der Waals surface area contributed by atoms with Gasteiger partial charge >= 0.3 is 5.97 Å². The van der Waals surface area contributed by atoms with Gasteiger partial charge in [0.25, 0.3) is 0 Å². The average molecular weight is 490 g/mol. The van der Waals surface area contributed by atoms with E-state index in [-0.39, 0.29) is 33.8 Å². The Morgan fingerprint density at radius 1 is 1.00 bits per heavy atom. The summed E-state index contributed by atoms with van der Waals surface area (Å²) >= 11 is 0. The van der Waals surface area contributed by atoms with Crippen LogP contribution in [-0.2, 0) is 14.3 Å². The van der Waals surface area contributed by atoms with Gasteiger partial charge in [0, 0.05) is 24.6 Å². The number of ether oxygens (including phenoxy) is 3. The molecule has 3 aromatic rings. The Balaban J connectivity index is 1.69. The molecule has 0 radical (unpaired) electrons. The summed E-state index contributed by atoms with van der Waals surface area (Å²) in [6.45, 7) is 0.720. The molecule has 0 bridgehead atoms. The minimum absolute atomic E-state index is 0.0462. The van der Waals surface area contributed by atoms with Gasteiger partial charge in [0.1, 0.15) is 59.2 Å². The molecule has 0 amide bonds. The molecule has 2 aromatic carbocycles. The Labute approximate surface area is 196 Å². The SMILES string of the molecule is CC(=O)OCC1OC(Oc2cc(O)c3c(=O)c(O)c(-c4ccc(O)cc4)oc3c2)C(O)C(O)C1O. The zero-order valence-electron chi connectivity index (χ0n) is 18.2. The van der Waals surface area contributed by atoms with Gasteiger partial charge < -0.3 is 49.3 Å². The minimum atomic E-state index is -1.73. The molecule has 35 heavy (non-hydrogen) atoms. The molecule has 1 aromatic heterocycles. The highest BCUT2D eigenvalue weighted by molar-refractivity contribution is 5.88. The summed E-state index contributed by atoms with van der Waals surface area (Å²) < 4.78 is 21.4. The number of phenolic OH excluding ortho intramolecular Hbond substituents is 2. The number of phenols is 2. The lowest BCUT2D eigenvalue weighted by molar-refractivity contribution is -0.278. The van der Waals surface area contributed by atoms with Gasteiger partial charge in [0.2, 0.25) is 17.5 Å². The topological polar surface area (TPSA) is 196 Å². The maximum atomic E-state index is 12.7. The van der Waals surface area contributed by atoms with Gasteiger partial charge in [-0.15, -0.1) is 0 Å². The van der Waals surface area contributed by atoms with Crippen LogP contribution in [0.25, 0.3) is 22.3 Å². The fourth-order valence-corrected chi connectivity index (χ4v) is 3.63. The monoisotopic (exact) mass is 490 g/mol. The molecular formula is C23H22O12. The summed E-state index contributed by atoms with van der Waals surface area (Å²) in [7, 11) is 0. The van der Waals surface area contributed by atoms with E-state index in [4.69, 9.17) is 18.6 Å². The number of aromatic hydroxyl groups is 3. The van der Waals surface area contributed by atoms with Crippen LogP contribution in [0.15, 0.2) is 45.6 Å². The number of benzene rings is 2. The molecule has 1 aliphatic heterocycles. The van der Waals surface area contributed by atoms with E-state index in [1.807, 2.05) is 0 Å². The van der Waals surface area contributed by atoms with E-state index in [9.17, 15) is 40.2 Å². The van der Waals surface area contributed by atoms with Gasteiger partial charge in [-0.2, -0.15) is 0 Å². The van der Waals surface area contributed by atoms with E-state index in [0.29, 0.717) is 0 Å². The first-order chi connectivity index (χ1) is 16.6. The number of aliphatic hydroxyl groups is 3. The van der Waals surface area contributed by atoms with E-state index in [2.05, 4.69) is 0 Å². The third-order valence-corrected chi connectivity index (χ3v) is 5.43. The van der Waals surface area contributed by atoms with Gasteiger partial charge in [-0.3, -0.25) is 9.59 Å². The molecule has 5 unspecified atom stereocenters. The van der Waals surface area contributed by atoms with Gasteiger partial charge in [-0.25, -0.2) is 0 Å². The van der Waals surface area contributed by atoms with E-state index in [1.54, 1.807) is 0 Å². The highest BCUT2D eigenvalue weighted by Crippen LogP contribution is 2.36. The maximum Gasteiger partial charge on any atom is 0.302 e. The minimum Gasteiger partial charge on any atom is -0.508 e. The van der Waals surface area contributed by atoms with Gasteiger partial charge in [0.05, 0.1) is 0 Å². The lowest BCUT2D eigenvalue weighted by atomic mass is 9.99. The van der Waals surface area contributed by atoms with Crippen molar-refractivity contribution >= 4 is 16.9 Å². The van der Waals surface area contributed by atoms with Crippen LogP contribution in [0.5, 0.6) is 23.0 Å². The first-order valence-corrected chi connectivity index (χ1v) is 10.4. The van der Waals surface area contributed by atoms with E-state index >= 15 is 0 Å². The number of hydrogen-bond donors (Lipinski definition) is 6. The molecule has 0 saturated carbocycles.